The molecule has 6 rings (SSSR count). The van der Waals surface area contributed by atoms with Gasteiger partial charge in [0, 0.05) is 18.5 Å². The molecule has 3 aliphatic carbocycles. The number of alkyl halides is 2. The van der Waals surface area contributed by atoms with Gasteiger partial charge in [-0.1, -0.05) is 27.2 Å². The first-order valence-electron chi connectivity index (χ1n) is 18.4. The lowest BCUT2D eigenvalue weighted by Crippen LogP contribution is -2.59. The number of hydrogen-bond acceptors (Lipinski definition) is 11. The Balaban J connectivity index is 1.27. The molecule has 3 saturated carbocycles. The molecule has 4 fully saturated rings. The van der Waals surface area contributed by atoms with E-state index in [1.807, 2.05) is 25.5 Å². The number of carbonyl (C=O) groups is 4. The number of rotatable bonds is 13. The Bertz CT molecular complexity index is 1830. The molecule has 0 bridgehead atoms. The normalized spacial score (nSPS) is 25.2. The lowest BCUT2D eigenvalue weighted by atomic mass is 9.87. The van der Waals surface area contributed by atoms with Gasteiger partial charge in [-0.3, -0.25) is 19.1 Å². The number of tetrazole rings is 1. The predicted octanol–water partition coefficient (Wildman–Crippen LogP) is 3.10. The Morgan fingerprint density at radius 1 is 1.04 bits per heavy atom. The van der Waals surface area contributed by atoms with Crippen molar-refractivity contribution in [1.29, 1.82) is 0 Å². The summed E-state index contributed by atoms with van der Waals surface area (Å²) in [6.45, 7) is 5.51. The van der Waals surface area contributed by atoms with E-state index in [1.54, 1.807) is 24.3 Å². The number of likely N-dealkylation sites (tertiary alicyclic amines) is 1. The molecule has 0 spiro atoms. The predicted molar refractivity (Wildman–Crippen MR) is 188 cm³/mol. The number of benzene rings is 1. The summed E-state index contributed by atoms with van der Waals surface area (Å²) in [6.07, 6.45) is 0.416. The maximum Gasteiger partial charge on any atom is 0.408 e. The van der Waals surface area contributed by atoms with Gasteiger partial charge in [0.05, 0.1) is 24.3 Å². The molecule has 1 unspecified atom stereocenters. The molecule has 5 atom stereocenters. The molecule has 2 heterocycles. The number of amides is 4. The molecular formula is C35H48F2N8O8S. The van der Waals surface area contributed by atoms with Crippen molar-refractivity contribution in [2.45, 2.75) is 126 Å². The van der Waals surface area contributed by atoms with Crippen molar-refractivity contribution in [3.05, 3.63) is 24.3 Å². The van der Waals surface area contributed by atoms with Crippen LogP contribution in [0.3, 0.4) is 0 Å². The number of methoxy groups -OCH3 is 1. The van der Waals surface area contributed by atoms with E-state index >= 15 is 0 Å². The summed E-state index contributed by atoms with van der Waals surface area (Å²) in [5.74, 6) is -3.60. The van der Waals surface area contributed by atoms with E-state index in [9.17, 15) is 36.4 Å². The second-order valence-electron chi connectivity index (χ2n) is 16.0. The minimum atomic E-state index is -4.12. The quantitative estimate of drug-likeness (QED) is 0.270. The maximum absolute atomic E-state index is 14.5. The van der Waals surface area contributed by atoms with E-state index in [2.05, 4.69) is 26.0 Å². The third-order valence-electron chi connectivity index (χ3n) is 10.5. The third kappa shape index (κ3) is 8.92. The van der Waals surface area contributed by atoms with Crippen LogP contribution in [0.15, 0.2) is 24.3 Å². The van der Waals surface area contributed by atoms with E-state index in [1.165, 1.54) is 16.8 Å². The fraction of sp³-hybridized carbons (Fsp3) is 0.686. The van der Waals surface area contributed by atoms with Crippen LogP contribution in [0.2, 0.25) is 0 Å². The van der Waals surface area contributed by atoms with Crippen molar-refractivity contribution in [1.82, 2.24) is 40.5 Å². The zero-order chi connectivity index (χ0) is 39.0. The average molecular weight is 779 g/mol. The van der Waals surface area contributed by atoms with Crippen molar-refractivity contribution < 1.29 is 45.9 Å². The van der Waals surface area contributed by atoms with E-state index < -0.39 is 86.9 Å². The number of nitrogens with zero attached hydrogens (tertiary/aromatic N) is 5. The minimum absolute atomic E-state index is 0.109. The van der Waals surface area contributed by atoms with Gasteiger partial charge >= 0.3 is 6.09 Å². The van der Waals surface area contributed by atoms with Crippen molar-refractivity contribution in [2.75, 3.05) is 13.7 Å². The van der Waals surface area contributed by atoms with E-state index in [0.29, 0.717) is 37.0 Å². The highest BCUT2D eigenvalue weighted by Crippen LogP contribution is 2.48. The number of halogens is 2. The summed E-state index contributed by atoms with van der Waals surface area (Å²) in [4.78, 5) is 57.7. The number of sulfonamides is 1. The SMILES string of the molecule is COc1ccc(-c2nnn([C@@H]3CC(C(=O)N[C@]4(C(=O)NS(=O)(=O)C5CC5)C[C@H]4C(F)F)N(C(=O)[C@H](CC(C)(C)C)NC(=O)OC4CCCCC4)C3)n2)cc1. The van der Waals surface area contributed by atoms with E-state index in [-0.39, 0.29) is 31.3 Å². The first-order valence-corrected chi connectivity index (χ1v) is 19.9. The van der Waals surface area contributed by atoms with Crippen molar-refractivity contribution in [3.8, 4) is 17.1 Å². The zero-order valence-electron chi connectivity index (χ0n) is 30.8. The number of carbonyl (C=O) groups excluding carboxylic acids is 4. The standard InChI is InChI=1S/C35H48F2N8O8S/c1-34(2,3)18-26(38-33(49)53-23-8-6-5-7-9-23)31(47)44-19-21(45-41-29(40-43-45)20-10-12-22(52-4)13-11-20)16-27(44)30(46)39-35(17-25(35)28(36)37)32(48)42-54(50,51)24-14-15-24/h10-13,21,23-28H,5-9,14-19H2,1-4H3,(H,38,49)(H,39,46)(H,42,48)/t21-,25+,26+,27?,35-/m1/s1. The highest BCUT2D eigenvalue weighted by atomic mass is 32.2. The first-order chi connectivity index (χ1) is 25.5. The van der Waals surface area contributed by atoms with Gasteiger partial charge in [0.25, 0.3) is 5.91 Å². The third-order valence-corrected chi connectivity index (χ3v) is 12.3. The van der Waals surface area contributed by atoms with Gasteiger partial charge in [-0.25, -0.2) is 22.0 Å². The number of hydrogen-bond donors (Lipinski definition) is 3. The van der Waals surface area contributed by atoms with Gasteiger partial charge in [-0.05, 0) is 86.3 Å². The second-order valence-corrected chi connectivity index (χ2v) is 17.9. The molecule has 4 amide bonds. The van der Waals surface area contributed by atoms with Crippen molar-refractivity contribution in [3.63, 3.8) is 0 Å². The average Bonchev–Trinajstić information content (AvgIpc) is 4.00. The molecule has 2 aromatic rings. The maximum atomic E-state index is 14.5. The molecule has 4 aliphatic rings. The van der Waals surface area contributed by atoms with Gasteiger partial charge < -0.3 is 25.0 Å². The van der Waals surface area contributed by atoms with Crippen LogP contribution in [0.5, 0.6) is 5.75 Å². The number of alkyl carbamates (subject to hydrolysis) is 1. The smallest absolute Gasteiger partial charge is 0.408 e. The summed E-state index contributed by atoms with van der Waals surface area (Å²) in [6, 6.07) is 3.68. The van der Waals surface area contributed by atoms with Gasteiger partial charge in [0.2, 0.25) is 34.1 Å². The van der Waals surface area contributed by atoms with Crippen LogP contribution in [0, 0.1) is 11.3 Å². The van der Waals surface area contributed by atoms with Crippen molar-refractivity contribution in [2.24, 2.45) is 11.3 Å². The fourth-order valence-electron chi connectivity index (χ4n) is 7.27. The highest BCUT2D eigenvalue weighted by Gasteiger charge is 2.66. The Kier molecular flexibility index (Phi) is 11.2. The molecule has 296 valence electrons. The highest BCUT2D eigenvalue weighted by molar-refractivity contribution is 7.91. The fourth-order valence-corrected chi connectivity index (χ4v) is 8.63. The van der Waals surface area contributed by atoms with Crippen LogP contribution in [0.1, 0.15) is 91.0 Å². The molecular weight excluding hydrogens is 730 g/mol. The van der Waals surface area contributed by atoms with Crippen LogP contribution in [0.4, 0.5) is 13.6 Å². The van der Waals surface area contributed by atoms with Crippen LogP contribution in [0.25, 0.3) is 11.4 Å². The lowest BCUT2D eigenvalue weighted by Gasteiger charge is -2.32. The summed E-state index contributed by atoms with van der Waals surface area (Å²) in [5, 5.41) is 17.2. The van der Waals surface area contributed by atoms with Gasteiger partial charge in [0.1, 0.15) is 29.5 Å². The molecule has 1 aromatic carbocycles. The molecule has 3 N–H and O–H groups in total. The number of nitrogens with one attached hydrogen (secondary N) is 3. The lowest BCUT2D eigenvalue weighted by molar-refractivity contribution is -0.141. The molecule has 19 heteroatoms. The summed E-state index contributed by atoms with van der Waals surface area (Å²) >= 11 is 0. The Labute approximate surface area is 312 Å². The van der Waals surface area contributed by atoms with Crippen LogP contribution in [-0.2, 0) is 29.1 Å². The van der Waals surface area contributed by atoms with Crippen molar-refractivity contribution >= 4 is 33.8 Å². The van der Waals surface area contributed by atoms with Crippen LogP contribution < -0.4 is 20.1 Å². The monoisotopic (exact) mass is 778 g/mol. The molecule has 0 radical (unpaired) electrons. The second kappa shape index (κ2) is 15.4. The summed E-state index contributed by atoms with van der Waals surface area (Å²) < 4.78 is 66.2. The molecule has 16 nitrogen and oxygen atoms in total. The minimum Gasteiger partial charge on any atom is -0.497 e. The largest absolute Gasteiger partial charge is 0.497 e. The van der Waals surface area contributed by atoms with Crippen LogP contribution in [-0.4, -0.2) is 106 Å². The Morgan fingerprint density at radius 3 is 2.31 bits per heavy atom. The molecule has 54 heavy (non-hydrogen) atoms. The Hall–Kier alpha value is -4.42. The Morgan fingerprint density at radius 2 is 1.72 bits per heavy atom. The summed E-state index contributed by atoms with van der Waals surface area (Å²) in [7, 11) is -2.59. The topological polar surface area (TPSA) is 204 Å². The summed E-state index contributed by atoms with van der Waals surface area (Å²) in [5.41, 5.74) is -2.07. The first kappa shape index (κ1) is 39.3. The molecule has 1 aromatic heterocycles. The van der Waals surface area contributed by atoms with E-state index in [4.69, 9.17) is 9.47 Å². The number of aromatic nitrogens is 4. The van der Waals surface area contributed by atoms with Gasteiger partial charge in [-0.15, -0.1) is 10.2 Å². The van der Waals surface area contributed by atoms with Gasteiger partial charge in [0.15, 0.2) is 0 Å². The number of ether oxygens (including phenoxy) is 2. The zero-order valence-corrected chi connectivity index (χ0v) is 31.6. The molecule has 1 saturated heterocycles. The molecule has 1 aliphatic heterocycles. The van der Waals surface area contributed by atoms with Crippen LogP contribution >= 0.6 is 0 Å². The van der Waals surface area contributed by atoms with Gasteiger partial charge in [-0.2, -0.15) is 4.80 Å². The van der Waals surface area contributed by atoms with E-state index in [0.717, 1.165) is 19.3 Å².